The zero-order valence-electron chi connectivity index (χ0n) is 13.7. The minimum atomic E-state index is -0.418. The lowest BCUT2D eigenvalue weighted by Crippen LogP contribution is -2.21. The first-order valence-corrected chi connectivity index (χ1v) is 8.47. The first-order chi connectivity index (χ1) is 11.6. The molecule has 1 amide bonds. The highest BCUT2D eigenvalue weighted by atomic mass is 35.5. The molecular formula is C19H21ClN2O2. The average molecular weight is 345 g/mol. The molecule has 5 heteroatoms. The van der Waals surface area contributed by atoms with Crippen molar-refractivity contribution in [3.8, 4) is 11.1 Å². The van der Waals surface area contributed by atoms with Gasteiger partial charge in [-0.15, -0.1) is 0 Å². The number of para-hydroxylation sites is 1. The molecule has 0 aliphatic carbocycles. The standard InChI is InChI=1S/C19H21ClN2O2/c1-22-10-9-14(12-22)13-24-19(23)21-18-8-3-2-7-17(18)15-5-4-6-16(20)11-15/h2-8,11,14H,9-10,12-13H2,1H3,(H,21,23)/t14-/m1/s1. The van der Waals surface area contributed by atoms with Crippen LogP contribution in [0.25, 0.3) is 11.1 Å². The van der Waals surface area contributed by atoms with Crippen LogP contribution >= 0.6 is 11.6 Å². The Morgan fingerprint density at radius 3 is 2.88 bits per heavy atom. The van der Waals surface area contributed by atoms with Crippen molar-refractivity contribution in [1.29, 1.82) is 0 Å². The Morgan fingerprint density at radius 2 is 2.12 bits per heavy atom. The van der Waals surface area contributed by atoms with E-state index in [9.17, 15) is 4.79 Å². The van der Waals surface area contributed by atoms with Crippen molar-refractivity contribution in [1.82, 2.24) is 4.90 Å². The summed E-state index contributed by atoms with van der Waals surface area (Å²) < 4.78 is 5.39. The van der Waals surface area contributed by atoms with Crippen LogP contribution in [0.15, 0.2) is 48.5 Å². The summed E-state index contributed by atoms with van der Waals surface area (Å²) in [5, 5.41) is 3.51. The summed E-state index contributed by atoms with van der Waals surface area (Å²) in [4.78, 5) is 14.4. The fourth-order valence-corrected chi connectivity index (χ4v) is 3.19. The lowest BCUT2D eigenvalue weighted by atomic mass is 10.0. The number of carbonyl (C=O) groups excluding carboxylic acids is 1. The smallest absolute Gasteiger partial charge is 0.411 e. The number of hydrogen-bond acceptors (Lipinski definition) is 3. The number of halogens is 1. The molecule has 0 aromatic heterocycles. The first-order valence-electron chi connectivity index (χ1n) is 8.09. The minimum Gasteiger partial charge on any atom is -0.449 e. The van der Waals surface area contributed by atoms with Crippen LogP contribution in [-0.2, 0) is 4.74 Å². The van der Waals surface area contributed by atoms with Crippen molar-refractivity contribution in [3.05, 3.63) is 53.6 Å². The quantitative estimate of drug-likeness (QED) is 0.887. The monoisotopic (exact) mass is 344 g/mol. The second-order valence-corrected chi connectivity index (χ2v) is 6.63. The number of nitrogens with one attached hydrogen (secondary N) is 1. The number of hydrogen-bond donors (Lipinski definition) is 1. The number of nitrogens with zero attached hydrogens (tertiary/aromatic N) is 1. The zero-order valence-corrected chi connectivity index (χ0v) is 14.4. The Morgan fingerprint density at radius 1 is 1.29 bits per heavy atom. The van der Waals surface area contributed by atoms with Crippen molar-refractivity contribution < 1.29 is 9.53 Å². The molecule has 0 spiro atoms. The molecule has 0 bridgehead atoms. The topological polar surface area (TPSA) is 41.6 Å². The number of rotatable bonds is 4. The summed E-state index contributed by atoms with van der Waals surface area (Å²) in [6, 6.07) is 15.2. The van der Waals surface area contributed by atoms with Gasteiger partial charge in [0.25, 0.3) is 0 Å². The minimum absolute atomic E-state index is 0.418. The maximum atomic E-state index is 12.1. The molecular weight excluding hydrogens is 324 g/mol. The molecule has 0 radical (unpaired) electrons. The van der Waals surface area contributed by atoms with E-state index in [-0.39, 0.29) is 0 Å². The van der Waals surface area contributed by atoms with Gasteiger partial charge in [-0.05, 0) is 43.8 Å². The molecule has 1 saturated heterocycles. The largest absolute Gasteiger partial charge is 0.449 e. The molecule has 1 fully saturated rings. The Balaban J connectivity index is 1.65. The molecule has 1 aliphatic heterocycles. The van der Waals surface area contributed by atoms with Crippen LogP contribution in [0.5, 0.6) is 0 Å². The third-order valence-corrected chi connectivity index (χ3v) is 4.47. The SMILES string of the molecule is CN1CC[C@@H](COC(=O)Nc2ccccc2-c2cccc(Cl)c2)C1. The third kappa shape index (κ3) is 4.28. The maximum absolute atomic E-state index is 12.1. The van der Waals surface area contributed by atoms with Crippen molar-refractivity contribution in [2.24, 2.45) is 5.92 Å². The van der Waals surface area contributed by atoms with Crippen LogP contribution in [0.1, 0.15) is 6.42 Å². The van der Waals surface area contributed by atoms with E-state index < -0.39 is 6.09 Å². The summed E-state index contributed by atoms with van der Waals surface area (Å²) in [5.41, 5.74) is 2.58. The molecule has 24 heavy (non-hydrogen) atoms. The molecule has 3 rings (SSSR count). The number of amides is 1. The maximum Gasteiger partial charge on any atom is 0.411 e. The molecule has 0 saturated carbocycles. The molecule has 4 nitrogen and oxygen atoms in total. The molecule has 2 aromatic carbocycles. The highest BCUT2D eigenvalue weighted by Gasteiger charge is 2.21. The van der Waals surface area contributed by atoms with Gasteiger partial charge in [-0.1, -0.05) is 41.9 Å². The van der Waals surface area contributed by atoms with Crippen LogP contribution in [0.3, 0.4) is 0 Å². The molecule has 0 unspecified atom stereocenters. The summed E-state index contributed by atoms with van der Waals surface area (Å²) in [5.74, 6) is 0.420. The highest BCUT2D eigenvalue weighted by Crippen LogP contribution is 2.29. The summed E-state index contributed by atoms with van der Waals surface area (Å²) in [7, 11) is 2.08. The predicted molar refractivity (Wildman–Crippen MR) is 97.5 cm³/mol. The third-order valence-electron chi connectivity index (χ3n) is 4.24. The highest BCUT2D eigenvalue weighted by molar-refractivity contribution is 6.30. The van der Waals surface area contributed by atoms with Gasteiger partial charge in [0.15, 0.2) is 0 Å². The zero-order chi connectivity index (χ0) is 16.9. The van der Waals surface area contributed by atoms with E-state index in [0.29, 0.717) is 23.2 Å². The van der Waals surface area contributed by atoms with Gasteiger partial charge in [-0.3, -0.25) is 5.32 Å². The number of carbonyl (C=O) groups is 1. The second kappa shape index (κ2) is 7.69. The van der Waals surface area contributed by atoms with Gasteiger partial charge in [-0.2, -0.15) is 0 Å². The van der Waals surface area contributed by atoms with E-state index in [0.717, 1.165) is 30.6 Å². The van der Waals surface area contributed by atoms with E-state index in [1.54, 1.807) is 0 Å². The van der Waals surface area contributed by atoms with E-state index in [1.807, 2.05) is 48.5 Å². The van der Waals surface area contributed by atoms with Crippen LogP contribution < -0.4 is 5.32 Å². The van der Waals surface area contributed by atoms with Gasteiger partial charge in [0.2, 0.25) is 0 Å². The van der Waals surface area contributed by atoms with E-state index in [1.165, 1.54) is 0 Å². The van der Waals surface area contributed by atoms with Gasteiger partial charge in [0.05, 0.1) is 12.3 Å². The van der Waals surface area contributed by atoms with Crippen LogP contribution in [0, 0.1) is 5.92 Å². The number of ether oxygens (including phenoxy) is 1. The molecule has 1 heterocycles. The predicted octanol–water partition coefficient (Wildman–Crippen LogP) is 4.51. The van der Waals surface area contributed by atoms with Gasteiger partial charge < -0.3 is 9.64 Å². The van der Waals surface area contributed by atoms with Gasteiger partial charge in [0, 0.05) is 23.0 Å². The lowest BCUT2D eigenvalue weighted by molar-refractivity contribution is 0.142. The van der Waals surface area contributed by atoms with Crippen molar-refractivity contribution in [2.45, 2.75) is 6.42 Å². The second-order valence-electron chi connectivity index (χ2n) is 6.20. The molecule has 2 aromatic rings. The van der Waals surface area contributed by atoms with Gasteiger partial charge in [-0.25, -0.2) is 4.79 Å². The Hall–Kier alpha value is -2.04. The fourth-order valence-electron chi connectivity index (χ4n) is 3.00. The molecule has 126 valence electrons. The molecule has 1 atom stereocenters. The average Bonchev–Trinajstić information content (AvgIpc) is 2.99. The Kier molecular flexibility index (Phi) is 5.38. The first kappa shape index (κ1) is 16.8. The van der Waals surface area contributed by atoms with Crippen LogP contribution in [-0.4, -0.2) is 37.7 Å². The molecule has 1 aliphatic rings. The van der Waals surface area contributed by atoms with Gasteiger partial charge in [0.1, 0.15) is 0 Å². The van der Waals surface area contributed by atoms with E-state index in [4.69, 9.17) is 16.3 Å². The Bertz CT molecular complexity index is 720. The van der Waals surface area contributed by atoms with Crippen molar-refractivity contribution in [3.63, 3.8) is 0 Å². The molecule has 1 N–H and O–H groups in total. The summed E-state index contributed by atoms with van der Waals surface area (Å²) in [6.45, 7) is 2.50. The number of likely N-dealkylation sites (tertiary alicyclic amines) is 1. The number of benzene rings is 2. The lowest BCUT2D eigenvalue weighted by Gasteiger charge is -2.14. The Labute approximate surface area is 147 Å². The van der Waals surface area contributed by atoms with Gasteiger partial charge >= 0.3 is 6.09 Å². The fraction of sp³-hybridized carbons (Fsp3) is 0.316. The van der Waals surface area contributed by atoms with Crippen LogP contribution in [0.2, 0.25) is 5.02 Å². The van der Waals surface area contributed by atoms with E-state index >= 15 is 0 Å². The van der Waals surface area contributed by atoms with Crippen molar-refractivity contribution in [2.75, 3.05) is 32.1 Å². The summed E-state index contributed by atoms with van der Waals surface area (Å²) in [6.07, 6.45) is 0.655. The number of anilines is 1. The normalized spacial score (nSPS) is 17.7. The summed E-state index contributed by atoms with van der Waals surface area (Å²) >= 11 is 6.07. The van der Waals surface area contributed by atoms with Crippen molar-refractivity contribution >= 4 is 23.4 Å². The van der Waals surface area contributed by atoms with Crippen LogP contribution in [0.4, 0.5) is 10.5 Å². The van der Waals surface area contributed by atoms with E-state index in [2.05, 4.69) is 17.3 Å².